The molecule has 8 heteroatoms. The number of nitrogens with zero attached hydrogens (tertiary/aromatic N) is 1. The first-order valence-electron chi connectivity index (χ1n) is 9.05. The summed E-state index contributed by atoms with van der Waals surface area (Å²) in [6.07, 6.45) is 1.45. The van der Waals surface area contributed by atoms with Gasteiger partial charge in [-0.3, -0.25) is 4.79 Å². The van der Waals surface area contributed by atoms with Crippen LogP contribution < -0.4 is 19.7 Å². The van der Waals surface area contributed by atoms with Gasteiger partial charge in [-0.1, -0.05) is 29.3 Å². The third-order valence-corrected chi connectivity index (χ3v) is 4.46. The lowest BCUT2D eigenvalue weighted by atomic mass is 10.1. The number of carbonyl (C=O) groups is 2. The second kappa shape index (κ2) is 8.76. The number of nitrogens with one attached hydrogen (secondary N) is 1. The van der Waals surface area contributed by atoms with E-state index in [4.69, 9.17) is 32.7 Å². The van der Waals surface area contributed by atoms with E-state index < -0.39 is 11.9 Å². The first kappa shape index (κ1) is 21.0. The number of ether oxygens (including phenoxy) is 2. The Hall–Kier alpha value is -2.70. The summed E-state index contributed by atoms with van der Waals surface area (Å²) >= 11 is 12.4. The number of amides is 3. The summed E-state index contributed by atoms with van der Waals surface area (Å²) in [6.45, 7) is 6.04. The number of imide groups is 1. The van der Waals surface area contributed by atoms with Gasteiger partial charge in [0.15, 0.2) is 11.5 Å². The van der Waals surface area contributed by atoms with Crippen LogP contribution in [-0.4, -0.2) is 24.6 Å². The van der Waals surface area contributed by atoms with Gasteiger partial charge in [0, 0.05) is 5.02 Å². The Morgan fingerprint density at radius 3 is 2.59 bits per heavy atom. The summed E-state index contributed by atoms with van der Waals surface area (Å²) in [7, 11) is 0. The van der Waals surface area contributed by atoms with Crippen LogP contribution >= 0.6 is 23.2 Å². The Bertz CT molecular complexity index is 989. The topological polar surface area (TPSA) is 67.9 Å². The van der Waals surface area contributed by atoms with Crippen molar-refractivity contribution in [3.8, 4) is 11.5 Å². The lowest BCUT2D eigenvalue weighted by molar-refractivity contribution is -0.113. The summed E-state index contributed by atoms with van der Waals surface area (Å²) in [6, 6.07) is 9.32. The molecular formula is C21H20Cl2N2O4. The third-order valence-electron chi connectivity index (χ3n) is 3.94. The quantitative estimate of drug-likeness (QED) is 0.496. The van der Waals surface area contributed by atoms with E-state index >= 15 is 0 Å². The Morgan fingerprint density at radius 1 is 1.17 bits per heavy atom. The average molecular weight is 435 g/mol. The Morgan fingerprint density at radius 2 is 1.93 bits per heavy atom. The molecule has 6 nitrogen and oxygen atoms in total. The average Bonchev–Trinajstić information content (AvgIpc) is 2.91. The third kappa shape index (κ3) is 4.66. The van der Waals surface area contributed by atoms with Crippen molar-refractivity contribution in [2.45, 2.75) is 26.9 Å². The number of halogens is 2. The molecule has 1 saturated heterocycles. The maximum absolute atomic E-state index is 12.8. The summed E-state index contributed by atoms with van der Waals surface area (Å²) < 4.78 is 11.4. The van der Waals surface area contributed by atoms with Gasteiger partial charge < -0.3 is 14.8 Å². The van der Waals surface area contributed by atoms with Crippen molar-refractivity contribution in [2.24, 2.45) is 0 Å². The van der Waals surface area contributed by atoms with Crippen LogP contribution in [0.3, 0.4) is 0 Å². The Labute approximate surface area is 179 Å². The molecule has 0 spiro atoms. The van der Waals surface area contributed by atoms with Gasteiger partial charge in [0.2, 0.25) is 0 Å². The molecule has 0 aliphatic carbocycles. The number of urea groups is 1. The highest BCUT2D eigenvalue weighted by Gasteiger charge is 2.35. The summed E-state index contributed by atoms with van der Waals surface area (Å²) in [5, 5.41) is 3.35. The van der Waals surface area contributed by atoms with Crippen LogP contribution in [0.4, 0.5) is 10.5 Å². The van der Waals surface area contributed by atoms with Crippen molar-refractivity contribution < 1.29 is 19.1 Å². The predicted molar refractivity (Wildman–Crippen MR) is 114 cm³/mol. The van der Waals surface area contributed by atoms with Gasteiger partial charge in [-0.15, -0.1) is 0 Å². The van der Waals surface area contributed by atoms with E-state index in [1.165, 1.54) is 0 Å². The van der Waals surface area contributed by atoms with E-state index in [1.54, 1.807) is 42.5 Å². The molecule has 0 aromatic heterocycles. The molecule has 152 valence electrons. The first-order valence-corrected chi connectivity index (χ1v) is 9.81. The van der Waals surface area contributed by atoms with Crippen molar-refractivity contribution in [3.63, 3.8) is 0 Å². The molecule has 0 atom stereocenters. The van der Waals surface area contributed by atoms with E-state index in [2.05, 4.69) is 5.32 Å². The van der Waals surface area contributed by atoms with Gasteiger partial charge in [0.1, 0.15) is 5.70 Å². The van der Waals surface area contributed by atoms with Crippen molar-refractivity contribution >= 4 is 46.9 Å². The van der Waals surface area contributed by atoms with Crippen LogP contribution in [0, 0.1) is 0 Å². The van der Waals surface area contributed by atoms with E-state index in [-0.39, 0.29) is 11.8 Å². The maximum atomic E-state index is 12.8. The zero-order valence-corrected chi connectivity index (χ0v) is 17.7. The largest absolute Gasteiger partial charge is 0.490 e. The number of carbonyl (C=O) groups excluding carboxylic acids is 2. The number of benzene rings is 2. The molecule has 1 N–H and O–H groups in total. The number of anilines is 1. The zero-order valence-electron chi connectivity index (χ0n) is 16.2. The molecule has 0 saturated carbocycles. The van der Waals surface area contributed by atoms with Crippen molar-refractivity contribution in [1.29, 1.82) is 0 Å². The molecule has 3 rings (SSSR count). The Kier molecular flexibility index (Phi) is 6.35. The minimum Gasteiger partial charge on any atom is -0.490 e. The van der Waals surface area contributed by atoms with Gasteiger partial charge in [-0.25, -0.2) is 9.69 Å². The summed E-state index contributed by atoms with van der Waals surface area (Å²) in [5.74, 6) is 0.408. The van der Waals surface area contributed by atoms with E-state index in [9.17, 15) is 9.59 Å². The second-order valence-corrected chi connectivity index (χ2v) is 7.38. The molecule has 0 bridgehead atoms. The van der Waals surface area contributed by atoms with E-state index in [1.807, 2.05) is 20.8 Å². The summed E-state index contributed by atoms with van der Waals surface area (Å²) in [5.41, 5.74) is 1.09. The highest BCUT2D eigenvalue weighted by molar-refractivity contribution is 6.33. The molecular weight excluding hydrogens is 415 g/mol. The lowest BCUT2D eigenvalue weighted by Gasteiger charge is -2.16. The molecule has 1 aliphatic rings. The molecule has 1 fully saturated rings. The van der Waals surface area contributed by atoms with Gasteiger partial charge in [-0.2, -0.15) is 0 Å². The minimum absolute atomic E-state index is 0.0853. The van der Waals surface area contributed by atoms with E-state index in [0.717, 1.165) is 4.90 Å². The fraction of sp³-hybridized carbons (Fsp3) is 0.238. The minimum atomic E-state index is -0.556. The molecule has 0 unspecified atom stereocenters. The summed E-state index contributed by atoms with van der Waals surface area (Å²) in [4.78, 5) is 26.2. The smallest absolute Gasteiger partial charge is 0.333 e. The van der Waals surface area contributed by atoms with E-state index in [0.29, 0.717) is 39.4 Å². The predicted octanol–water partition coefficient (Wildman–Crippen LogP) is 5.28. The molecule has 2 aromatic carbocycles. The number of hydrogen-bond donors (Lipinski definition) is 1. The Balaban J connectivity index is 1.95. The monoisotopic (exact) mass is 434 g/mol. The van der Waals surface area contributed by atoms with Gasteiger partial charge >= 0.3 is 6.03 Å². The van der Waals surface area contributed by atoms with Crippen molar-refractivity contribution in [2.75, 3.05) is 11.5 Å². The van der Waals surface area contributed by atoms with Crippen LogP contribution in [0.25, 0.3) is 6.08 Å². The van der Waals surface area contributed by atoms with Crippen LogP contribution in [0.1, 0.15) is 26.3 Å². The highest BCUT2D eigenvalue weighted by atomic mass is 35.5. The molecule has 1 aliphatic heterocycles. The van der Waals surface area contributed by atoms with Gasteiger partial charge in [0.25, 0.3) is 5.91 Å². The lowest BCUT2D eigenvalue weighted by Crippen LogP contribution is -2.30. The van der Waals surface area contributed by atoms with Crippen molar-refractivity contribution in [1.82, 2.24) is 5.32 Å². The fourth-order valence-corrected chi connectivity index (χ4v) is 3.28. The molecule has 29 heavy (non-hydrogen) atoms. The molecule has 0 radical (unpaired) electrons. The van der Waals surface area contributed by atoms with Crippen LogP contribution in [0.5, 0.6) is 11.5 Å². The number of hydrogen-bond acceptors (Lipinski definition) is 4. The number of rotatable bonds is 6. The fourth-order valence-electron chi connectivity index (χ4n) is 2.84. The second-order valence-electron chi connectivity index (χ2n) is 6.54. The zero-order chi connectivity index (χ0) is 21.1. The SMILES string of the molecule is CCOc1cc(/C=C2\NC(=O)N(c3cccc(Cl)c3)C2=O)cc(Cl)c1OC(C)C. The first-order chi connectivity index (χ1) is 13.8. The molecule has 1 heterocycles. The molecule has 3 amide bonds. The van der Waals surface area contributed by atoms with Crippen LogP contribution in [0.2, 0.25) is 10.0 Å². The van der Waals surface area contributed by atoms with Crippen molar-refractivity contribution in [3.05, 3.63) is 57.7 Å². The maximum Gasteiger partial charge on any atom is 0.333 e. The standard InChI is InChI=1S/C21H20Cl2N2O4/c1-4-28-18-10-13(8-16(23)19(18)29-12(2)3)9-17-20(26)25(21(27)24-17)15-7-5-6-14(22)11-15/h5-12H,4H2,1-3H3,(H,24,27)/b17-9-. The highest BCUT2D eigenvalue weighted by Crippen LogP contribution is 2.38. The van der Waals surface area contributed by atoms with Gasteiger partial charge in [-0.05, 0) is 62.7 Å². The normalized spacial score (nSPS) is 15.2. The van der Waals surface area contributed by atoms with Crippen LogP contribution in [-0.2, 0) is 4.79 Å². The molecule has 2 aromatic rings. The van der Waals surface area contributed by atoms with Gasteiger partial charge in [0.05, 0.1) is 23.4 Å². The van der Waals surface area contributed by atoms with Crippen LogP contribution in [0.15, 0.2) is 42.1 Å².